The number of nitrogens with zero attached hydrogens (tertiary/aromatic N) is 2. The van der Waals surface area contributed by atoms with Gasteiger partial charge < -0.3 is 10.1 Å². The van der Waals surface area contributed by atoms with Gasteiger partial charge >= 0.3 is 5.97 Å². The Kier molecular flexibility index (Phi) is 7.28. The summed E-state index contributed by atoms with van der Waals surface area (Å²) in [5.41, 5.74) is 5.25. The van der Waals surface area contributed by atoms with Gasteiger partial charge in [-0.3, -0.25) is 0 Å². The summed E-state index contributed by atoms with van der Waals surface area (Å²) >= 11 is 1.48. The van der Waals surface area contributed by atoms with Crippen molar-refractivity contribution in [1.29, 1.82) is 0 Å². The van der Waals surface area contributed by atoms with Crippen LogP contribution >= 0.6 is 11.8 Å². The average Bonchev–Trinajstić information content (AvgIpc) is 2.82. The van der Waals surface area contributed by atoms with Crippen LogP contribution in [-0.4, -0.2) is 35.3 Å². The predicted molar refractivity (Wildman–Crippen MR) is 140 cm³/mol. The number of hydrogen-bond acceptors (Lipinski definition) is 6. The Bertz CT molecular complexity index is 1060. The van der Waals surface area contributed by atoms with E-state index in [2.05, 4.69) is 61.2 Å². The molecule has 0 saturated heterocycles. The number of hydrogen-bond donors (Lipinski definition) is 1. The normalized spacial score (nSPS) is 26.0. The van der Waals surface area contributed by atoms with Crippen LogP contribution in [0.15, 0.2) is 29.6 Å². The van der Waals surface area contributed by atoms with E-state index in [1.54, 1.807) is 17.3 Å². The molecule has 1 fully saturated rings. The lowest BCUT2D eigenvalue weighted by Gasteiger charge is -2.55. The maximum absolute atomic E-state index is 12.5. The molecule has 3 atom stereocenters. The summed E-state index contributed by atoms with van der Waals surface area (Å²) in [5, 5.41) is 4.22. The molecule has 1 aromatic carbocycles. The molecule has 0 bridgehead atoms. The summed E-state index contributed by atoms with van der Waals surface area (Å²) in [6.07, 6.45) is 9.50. The first-order chi connectivity index (χ1) is 16.2. The maximum Gasteiger partial charge on any atom is 0.343 e. The highest BCUT2D eigenvalue weighted by molar-refractivity contribution is 7.98. The predicted octanol–water partition coefficient (Wildman–Crippen LogP) is 6.62. The van der Waals surface area contributed by atoms with Crippen LogP contribution in [0.4, 0.5) is 5.82 Å². The van der Waals surface area contributed by atoms with E-state index in [1.807, 2.05) is 13.2 Å². The molecule has 1 aromatic heterocycles. The summed E-state index contributed by atoms with van der Waals surface area (Å²) in [6.45, 7) is 12.4. The summed E-state index contributed by atoms with van der Waals surface area (Å²) in [7, 11) is 0. The SMILES string of the molecule is CCOC(=O)c1cnc(SC)nc1NC[C@]1(C)CCC[C@@]2(C)c3ccc(C(C)C)cc3CC[C@H]12. The minimum atomic E-state index is -0.371. The van der Waals surface area contributed by atoms with Crippen LogP contribution in [0.2, 0.25) is 0 Å². The first kappa shape index (κ1) is 25.0. The molecule has 184 valence electrons. The van der Waals surface area contributed by atoms with Crippen LogP contribution in [0.25, 0.3) is 0 Å². The lowest BCUT2D eigenvalue weighted by atomic mass is 9.49. The zero-order chi connectivity index (χ0) is 24.5. The summed E-state index contributed by atoms with van der Waals surface area (Å²) in [6, 6.07) is 7.23. The summed E-state index contributed by atoms with van der Waals surface area (Å²) in [5.74, 6) is 1.35. The van der Waals surface area contributed by atoms with Gasteiger partial charge in [-0.15, -0.1) is 0 Å². The van der Waals surface area contributed by atoms with Crippen molar-refractivity contribution in [1.82, 2.24) is 9.97 Å². The van der Waals surface area contributed by atoms with Gasteiger partial charge in [0.25, 0.3) is 0 Å². The fourth-order valence-electron chi connectivity index (χ4n) is 6.46. The lowest BCUT2D eigenvalue weighted by molar-refractivity contribution is 0.0357. The van der Waals surface area contributed by atoms with Crippen molar-refractivity contribution in [2.24, 2.45) is 11.3 Å². The zero-order valence-electron chi connectivity index (χ0n) is 21.5. The summed E-state index contributed by atoms with van der Waals surface area (Å²) < 4.78 is 5.26. The van der Waals surface area contributed by atoms with Crippen molar-refractivity contribution >= 4 is 23.5 Å². The molecule has 1 saturated carbocycles. The second-order valence-electron chi connectivity index (χ2n) is 10.8. The number of carbonyl (C=O) groups is 1. The highest BCUT2D eigenvalue weighted by atomic mass is 32.2. The number of carbonyl (C=O) groups excluding carboxylic acids is 1. The Hall–Kier alpha value is -2.08. The Morgan fingerprint density at radius 3 is 2.79 bits per heavy atom. The van der Waals surface area contributed by atoms with E-state index < -0.39 is 0 Å². The molecule has 6 heteroatoms. The summed E-state index contributed by atoms with van der Waals surface area (Å²) in [4.78, 5) is 21.5. The standard InChI is InChI=1S/C28H39N3O2S/c1-7-33-25(32)21-16-29-26(34-6)31-24(21)30-17-27(4)13-8-14-28(5)22-11-9-19(18(2)3)15-20(22)10-12-23(27)28/h9,11,15-16,18,23H,7-8,10,12-14,17H2,1-6H3,(H,29,30,31)/t23-,27+,28+/m1/s1. The van der Waals surface area contributed by atoms with Gasteiger partial charge in [-0.2, -0.15) is 0 Å². The van der Waals surface area contributed by atoms with Gasteiger partial charge in [0.15, 0.2) is 5.16 Å². The molecule has 5 nitrogen and oxygen atoms in total. The van der Waals surface area contributed by atoms with E-state index in [4.69, 9.17) is 4.74 Å². The van der Waals surface area contributed by atoms with E-state index in [0.29, 0.717) is 35.0 Å². The van der Waals surface area contributed by atoms with Gasteiger partial charge in [0, 0.05) is 12.7 Å². The smallest absolute Gasteiger partial charge is 0.343 e. The van der Waals surface area contributed by atoms with Gasteiger partial charge in [0.1, 0.15) is 11.4 Å². The monoisotopic (exact) mass is 481 g/mol. The zero-order valence-corrected chi connectivity index (χ0v) is 22.3. The van der Waals surface area contributed by atoms with Gasteiger partial charge in [0.05, 0.1) is 6.61 Å². The number of ether oxygens (including phenoxy) is 1. The number of thioether (sulfide) groups is 1. The Labute approximate surface area is 208 Å². The maximum atomic E-state index is 12.5. The van der Waals surface area contributed by atoms with Crippen molar-refractivity contribution < 1.29 is 9.53 Å². The largest absolute Gasteiger partial charge is 0.462 e. The number of benzene rings is 1. The van der Waals surface area contributed by atoms with Crippen molar-refractivity contribution in [2.45, 2.75) is 83.2 Å². The first-order valence-electron chi connectivity index (χ1n) is 12.7. The number of rotatable bonds is 7. The fraction of sp³-hybridized carbons (Fsp3) is 0.607. The molecular weight excluding hydrogens is 442 g/mol. The lowest BCUT2D eigenvalue weighted by Crippen LogP contribution is -2.51. The van der Waals surface area contributed by atoms with Gasteiger partial charge in [-0.1, -0.05) is 64.1 Å². The number of aromatic nitrogens is 2. The molecule has 0 radical (unpaired) electrons. The molecule has 2 aromatic rings. The van der Waals surface area contributed by atoms with Crippen LogP contribution in [-0.2, 0) is 16.6 Å². The van der Waals surface area contributed by atoms with E-state index >= 15 is 0 Å². The average molecular weight is 482 g/mol. The third-order valence-electron chi connectivity index (χ3n) is 8.27. The number of anilines is 1. The van der Waals surface area contributed by atoms with E-state index in [9.17, 15) is 4.79 Å². The second kappa shape index (κ2) is 9.88. The molecule has 0 spiro atoms. The van der Waals surface area contributed by atoms with Crippen molar-refractivity contribution in [2.75, 3.05) is 24.7 Å². The van der Waals surface area contributed by atoms with Crippen molar-refractivity contribution in [3.63, 3.8) is 0 Å². The van der Waals surface area contributed by atoms with Crippen molar-refractivity contribution in [3.05, 3.63) is 46.6 Å². The van der Waals surface area contributed by atoms with Crippen LogP contribution < -0.4 is 5.32 Å². The highest BCUT2D eigenvalue weighted by Gasteiger charge is 2.51. The molecule has 1 heterocycles. The van der Waals surface area contributed by atoms with Crippen LogP contribution in [0.1, 0.15) is 93.3 Å². The van der Waals surface area contributed by atoms with E-state index in [1.165, 1.54) is 43.0 Å². The molecule has 2 aliphatic rings. The van der Waals surface area contributed by atoms with Crippen LogP contribution in [0.5, 0.6) is 0 Å². The minimum Gasteiger partial charge on any atom is -0.462 e. The molecule has 0 amide bonds. The quantitative estimate of drug-likeness (QED) is 0.272. The third kappa shape index (κ3) is 4.58. The molecular formula is C28H39N3O2S. The Balaban J connectivity index is 1.61. The van der Waals surface area contributed by atoms with Gasteiger partial charge in [-0.25, -0.2) is 14.8 Å². The molecule has 0 unspecified atom stereocenters. The molecule has 0 aliphatic heterocycles. The highest BCUT2D eigenvalue weighted by Crippen LogP contribution is 2.57. The Morgan fingerprint density at radius 2 is 2.09 bits per heavy atom. The van der Waals surface area contributed by atoms with E-state index in [0.717, 1.165) is 13.0 Å². The fourth-order valence-corrected chi connectivity index (χ4v) is 6.80. The van der Waals surface area contributed by atoms with Gasteiger partial charge in [0.2, 0.25) is 0 Å². The molecule has 2 aliphatic carbocycles. The molecule has 4 rings (SSSR count). The topological polar surface area (TPSA) is 64.1 Å². The number of nitrogens with one attached hydrogen (secondary N) is 1. The first-order valence-corrected chi connectivity index (χ1v) is 13.9. The van der Waals surface area contributed by atoms with Crippen LogP contribution in [0.3, 0.4) is 0 Å². The number of esters is 1. The van der Waals surface area contributed by atoms with Crippen LogP contribution in [0, 0.1) is 11.3 Å². The Morgan fingerprint density at radius 1 is 1.29 bits per heavy atom. The number of fused-ring (bicyclic) bond motifs is 3. The molecule has 1 N–H and O–H groups in total. The third-order valence-corrected chi connectivity index (χ3v) is 8.83. The number of aryl methyl sites for hydroxylation is 1. The van der Waals surface area contributed by atoms with Crippen molar-refractivity contribution in [3.8, 4) is 0 Å². The van der Waals surface area contributed by atoms with Gasteiger partial charge in [-0.05, 0) is 78.2 Å². The molecule has 34 heavy (non-hydrogen) atoms. The minimum absolute atomic E-state index is 0.109. The van der Waals surface area contributed by atoms with E-state index in [-0.39, 0.29) is 16.8 Å². The second-order valence-corrected chi connectivity index (χ2v) is 11.6.